The summed E-state index contributed by atoms with van der Waals surface area (Å²) in [6.45, 7) is 0.510. The maximum atomic E-state index is 12.4. The molecule has 0 bridgehead atoms. The molecule has 2 aliphatic heterocycles. The number of cyclic esters (lactones) is 1. The largest absolute Gasteiger partial charge is 0.442 e. The normalized spacial score (nSPS) is 21.1. The summed E-state index contributed by atoms with van der Waals surface area (Å²) >= 11 is 0. The van der Waals surface area contributed by atoms with Gasteiger partial charge in [0, 0.05) is 18.6 Å². The van der Waals surface area contributed by atoms with E-state index in [2.05, 4.69) is 21.4 Å². The van der Waals surface area contributed by atoms with Crippen molar-refractivity contribution in [1.82, 2.24) is 20.0 Å². The lowest BCUT2D eigenvalue weighted by Gasteiger charge is -2.16. The Morgan fingerprint density at radius 2 is 2.16 bits per heavy atom. The second kappa shape index (κ2) is 5.41. The van der Waals surface area contributed by atoms with Crippen molar-refractivity contribution in [1.29, 1.82) is 0 Å². The summed E-state index contributed by atoms with van der Waals surface area (Å²) in [5, 5.41) is 7.78. The molecule has 1 fully saturated rings. The van der Waals surface area contributed by atoms with E-state index < -0.39 is 0 Å². The maximum Gasteiger partial charge on any atom is 0.415 e. The molecule has 1 saturated heterocycles. The lowest BCUT2D eigenvalue weighted by Crippen LogP contribution is -2.35. The lowest BCUT2D eigenvalue weighted by atomic mass is 10.0. The van der Waals surface area contributed by atoms with Crippen LogP contribution in [0.3, 0.4) is 0 Å². The first-order chi connectivity index (χ1) is 12.3. The molecule has 25 heavy (non-hydrogen) atoms. The Bertz CT molecular complexity index is 926. The zero-order chi connectivity index (χ0) is 16.8. The van der Waals surface area contributed by atoms with Crippen LogP contribution in [0.4, 0.5) is 10.5 Å². The highest BCUT2D eigenvalue weighted by molar-refractivity contribution is 5.94. The van der Waals surface area contributed by atoms with Gasteiger partial charge in [0.05, 0.1) is 24.5 Å². The van der Waals surface area contributed by atoms with Crippen molar-refractivity contribution in [2.75, 3.05) is 4.90 Å². The van der Waals surface area contributed by atoms with Crippen LogP contribution in [0.2, 0.25) is 0 Å². The van der Waals surface area contributed by atoms with Gasteiger partial charge in [0.25, 0.3) is 0 Å². The zero-order valence-electron chi connectivity index (χ0n) is 13.3. The number of carbonyl (C=O) groups excluding carboxylic acids is 1. The van der Waals surface area contributed by atoms with E-state index in [0.29, 0.717) is 6.54 Å². The van der Waals surface area contributed by atoms with Crippen LogP contribution in [-0.4, -0.2) is 38.2 Å². The van der Waals surface area contributed by atoms with Crippen LogP contribution in [0.5, 0.6) is 0 Å². The molecule has 1 amide bonds. The van der Waals surface area contributed by atoms with E-state index in [-0.39, 0.29) is 18.2 Å². The van der Waals surface area contributed by atoms with Gasteiger partial charge in [-0.05, 0) is 41.3 Å². The SMILES string of the molecule is O=C1O[C@@H](Cn2ccnn2)[C@@H]2Cc3cc(-c4cccnc4)ccc3N12. The molecule has 2 atom stereocenters. The summed E-state index contributed by atoms with van der Waals surface area (Å²) in [4.78, 5) is 18.3. The molecule has 124 valence electrons. The van der Waals surface area contributed by atoms with Gasteiger partial charge in [-0.25, -0.2) is 9.48 Å². The number of pyridine rings is 1. The molecule has 7 heteroatoms. The van der Waals surface area contributed by atoms with Gasteiger partial charge >= 0.3 is 6.09 Å². The minimum absolute atomic E-state index is 0.00384. The highest BCUT2D eigenvalue weighted by Crippen LogP contribution is 2.40. The van der Waals surface area contributed by atoms with Crippen LogP contribution in [0.25, 0.3) is 11.1 Å². The first kappa shape index (κ1) is 14.2. The number of carbonyl (C=O) groups is 1. The number of benzene rings is 1. The second-order valence-corrected chi connectivity index (χ2v) is 6.27. The number of rotatable bonds is 3. The number of hydrogen-bond acceptors (Lipinski definition) is 5. The van der Waals surface area contributed by atoms with E-state index in [0.717, 1.165) is 28.8 Å². The number of hydrogen-bond donors (Lipinski definition) is 0. The van der Waals surface area contributed by atoms with Gasteiger partial charge in [0.1, 0.15) is 6.10 Å². The summed E-state index contributed by atoms with van der Waals surface area (Å²) in [6, 6.07) is 10.1. The third-order valence-electron chi connectivity index (χ3n) is 4.81. The highest BCUT2D eigenvalue weighted by atomic mass is 16.6. The van der Waals surface area contributed by atoms with Gasteiger partial charge in [0.15, 0.2) is 0 Å². The first-order valence-electron chi connectivity index (χ1n) is 8.17. The molecule has 0 aliphatic carbocycles. The van der Waals surface area contributed by atoms with E-state index in [9.17, 15) is 4.79 Å². The van der Waals surface area contributed by atoms with E-state index >= 15 is 0 Å². The molecule has 7 nitrogen and oxygen atoms in total. The molecule has 0 N–H and O–H groups in total. The van der Waals surface area contributed by atoms with Crippen LogP contribution < -0.4 is 4.90 Å². The summed E-state index contributed by atoms with van der Waals surface area (Å²) in [6.07, 6.45) is 7.26. The topological polar surface area (TPSA) is 73.1 Å². The molecular formula is C18H15N5O2. The van der Waals surface area contributed by atoms with Crippen LogP contribution >= 0.6 is 0 Å². The lowest BCUT2D eigenvalue weighted by molar-refractivity contribution is 0.117. The number of amides is 1. The predicted octanol–water partition coefficient (Wildman–Crippen LogP) is 2.29. The van der Waals surface area contributed by atoms with Crippen LogP contribution in [-0.2, 0) is 17.7 Å². The average molecular weight is 333 g/mol. The second-order valence-electron chi connectivity index (χ2n) is 6.27. The Balaban J connectivity index is 1.46. The molecular weight excluding hydrogens is 318 g/mol. The van der Waals surface area contributed by atoms with Crippen molar-refractivity contribution in [2.24, 2.45) is 0 Å². The van der Waals surface area contributed by atoms with Crippen molar-refractivity contribution in [3.63, 3.8) is 0 Å². The minimum atomic E-state index is -0.289. The van der Waals surface area contributed by atoms with Crippen molar-refractivity contribution < 1.29 is 9.53 Å². The van der Waals surface area contributed by atoms with Crippen molar-refractivity contribution >= 4 is 11.8 Å². The quantitative estimate of drug-likeness (QED) is 0.735. The molecule has 0 spiro atoms. The van der Waals surface area contributed by atoms with Crippen molar-refractivity contribution in [2.45, 2.75) is 25.1 Å². The number of fused-ring (bicyclic) bond motifs is 3. The van der Waals surface area contributed by atoms with Crippen LogP contribution in [0.15, 0.2) is 55.1 Å². The summed E-state index contributed by atoms with van der Waals surface area (Å²) in [5.74, 6) is 0. The molecule has 5 rings (SSSR count). The summed E-state index contributed by atoms with van der Waals surface area (Å²) in [5.41, 5.74) is 4.27. The van der Waals surface area contributed by atoms with Gasteiger partial charge < -0.3 is 4.74 Å². The standard InChI is InChI=1S/C18H15N5O2/c24-18-23-15-4-3-12(13-2-1-5-19-10-13)8-14(15)9-16(23)17(25-18)11-22-7-6-20-21-22/h1-8,10,16-17H,9,11H2/t16-,17-/m0/s1. The molecule has 0 saturated carbocycles. The van der Waals surface area contributed by atoms with Gasteiger partial charge in [-0.1, -0.05) is 17.3 Å². The molecule has 2 aromatic heterocycles. The zero-order valence-corrected chi connectivity index (χ0v) is 13.3. The Morgan fingerprint density at radius 3 is 2.96 bits per heavy atom. The number of aromatic nitrogens is 4. The van der Waals surface area contributed by atoms with Gasteiger partial charge in [0.2, 0.25) is 0 Å². The number of nitrogens with zero attached hydrogens (tertiary/aromatic N) is 5. The molecule has 2 aliphatic rings. The van der Waals surface area contributed by atoms with E-state index in [1.165, 1.54) is 0 Å². The van der Waals surface area contributed by atoms with E-state index in [1.807, 2.05) is 30.5 Å². The Hall–Kier alpha value is -3.22. The third kappa shape index (κ3) is 2.27. The van der Waals surface area contributed by atoms with Gasteiger partial charge in [-0.15, -0.1) is 5.10 Å². The van der Waals surface area contributed by atoms with Crippen LogP contribution in [0, 0.1) is 0 Å². The van der Waals surface area contributed by atoms with E-state index in [4.69, 9.17) is 4.74 Å². The Kier molecular flexibility index (Phi) is 3.06. The fraction of sp³-hybridized carbons (Fsp3) is 0.222. The molecule has 4 heterocycles. The summed E-state index contributed by atoms with van der Waals surface area (Å²) < 4.78 is 7.26. The van der Waals surface area contributed by atoms with Crippen molar-refractivity contribution in [3.05, 3.63) is 60.7 Å². The number of anilines is 1. The number of ether oxygens (including phenoxy) is 1. The van der Waals surface area contributed by atoms with Crippen LogP contribution in [0.1, 0.15) is 5.56 Å². The van der Waals surface area contributed by atoms with E-state index in [1.54, 1.807) is 28.2 Å². The molecule has 1 aromatic carbocycles. The molecule has 0 unspecified atom stereocenters. The monoisotopic (exact) mass is 333 g/mol. The van der Waals surface area contributed by atoms with Gasteiger partial charge in [-0.3, -0.25) is 9.88 Å². The summed E-state index contributed by atoms with van der Waals surface area (Å²) in [7, 11) is 0. The maximum absolute atomic E-state index is 12.4. The Morgan fingerprint density at radius 1 is 1.20 bits per heavy atom. The fourth-order valence-electron chi connectivity index (χ4n) is 3.66. The predicted molar refractivity (Wildman–Crippen MR) is 89.9 cm³/mol. The Labute approximate surface area is 143 Å². The molecule has 0 radical (unpaired) electrons. The first-order valence-corrected chi connectivity index (χ1v) is 8.17. The minimum Gasteiger partial charge on any atom is -0.442 e. The smallest absolute Gasteiger partial charge is 0.415 e. The molecule has 3 aromatic rings. The fourth-order valence-corrected chi connectivity index (χ4v) is 3.66. The average Bonchev–Trinajstić information content (AvgIpc) is 3.34. The third-order valence-corrected chi connectivity index (χ3v) is 4.81. The highest BCUT2D eigenvalue weighted by Gasteiger charge is 2.47. The van der Waals surface area contributed by atoms with Gasteiger partial charge in [-0.2, -0.15) is 0 Å². The van der Waals surface area contributed by atoms with Crippen molar-refractivity contribution in [3.8, 4) is 11.1 Å².